The van der Waals surface area contributed by atoms with E-state index in [1.54, 1.807) is 55.6 Å². The maximum Gasteiger partial charge on any atom is 0.262 e. The Morgan fingerprint density at radius 3 is 2.52 bits per heavy atom. The molecule has 0 saturated carbocycles. The molecule has 1 heterocycles. The molecule has 0 radical (unpaired) electrons. The zero-order chi connectivity index (χ0) is 22.0. The third-order valence-corrected chi connectivity index (χ3v) is 6.58. The lowest BCUT2D eigenvalue weighted by atomic mass is 10.1. The van der Waals surface area contributed by atoms with Crippen LogP contribution in [0.1, 0.15) is 15.9 Å². The van der Waals surface area contributed by atoms with Gasteiger partial charge in [0, 0.05) is 17.3 Å². The van der Waals surface area contributed by atoms with Gasteiger partial charge in [0.15, 0.2) is 0 Å². The molecule has 0 atom stereocenters. The molecule has 1 amide bonds. The van der Waals surface area contributed by atoms with Crippen LogP contribution in [0.4, 0.5) is 11.4 Å². The summed E-state index contributed by atoms with van der Waals surface area (Å²) in [4.78, 5) is 17.2. The summed E-state index contributed by atoms with van der Waals surface area (Å²) in [7, 11) is -3.92. The van der Waals surface area contributed by atoms with Gasteiger partial charge in [0.1, 0.15) is 0 Å². The van der Waals surface area contributed by atoms with Crippen molar-refractivity contribution in [2.24, 2.45) is 0 Å². The third-order valence-electron chi connectivity index (χ3n) is 4.75. The number of sulfonamides is 1. The monoisotopic (exact) mass is 451 g/mol. The van der Waals surface area contributed by atoms with Gasteiger partial charge in [0.05, 0.1) is 26.7 Å². The number of fused-ring (bicyclic) bond motifs is 1. The number of halogens is 1. The van der Waals surface area contributed by atoms with Crippen LogP contribution in [0, 0.1) is 6.92 Å². The highest BCUT2D eigenvalue weighted by Gasteiger charge is 2.20. The number of rotatable bonds is 5. The first-order valence-corrected chi connectivity index (χ1v) is 11.2. The second-order valence-electron chi connectivity index (χ2n) is 6.90. The van der Waals surface area contributed by atoms with E-state index >= 15 is 0 Å². The van der Waals surface area contributed by atoms with Crippen LogP contribution in [-0.4, -0.2) is 19.3 Å². The highest BCUT2D eigenvalue weighted by atomic mass is 35.5. The molecule has 8 heteroatoms. The summed E-state index contributed by atoms with van der Waals surface area (Å²) in [6.45, 7) is 1.68. The van der Waals surface area contributed by atoms with Gasteiger partial charge in [-0.15, -0.1) is 0 Å². The van der Waals surface area contributed by atoms with Crippen molar-refractivity contribution in [3.05, 3.63) is 95.1 Å². The molecule has 0 spiro atoms. The Kier molecular flexibility index (Phi) is 5.63. The Morgan fingerprint density at radius 1 is 0.968 bits per heavy atom. The van der Waals surface area contributed by atoms with Crippen molar-refractivity contribution in [3.8, 4) is 0 Å². The predicted octanol–water partition coefficient (Wildman–Crippen LogP) is 5.25. The summed E-state index contributed by atoms with van der Waals surface area (Å²) < 4.78 is 28.4. The summed E-state index contributed by atoms with van der Waals surface area (Å²) in [5.41, 5.74) is 2.32. The Hall–Kier alpha value is -3.42. The normalized spacial score (nSPS) is 11.3. The van der Waals surface area contributed by atoms with E-state index in [4.69, 9.17) is 11.6 Å². The second kappa shape index (κ2) is 8.37. The minimum absolute atomic E-state index is 0.0461. The van der Waals surface area contributed by atoms with E-state index < -0.39 is 10.0 Å². The molecule has 1 aromatic heterocycles. The van der Waals surface area contributed by atoms with E-state index in [-0.39, 0.29) is 21.5 Å². The molecule has 156 valence electrons. The predicted molar refractivity (Wildman–Crippen MR) is 123 cm³/mol. The Bertz CT molecular complexity index is 1400. The van der Waals surface area contributed by atoms with Crippen LogP contribution in [0.25, 0.3) is 10.9 Å². The first-order valence-electron chi connectivity index (χ1n) is 9.38. The van der Waals surface area contributed by atoms with Crippen LogP contribution in [0.2, 0.25) is 5.02 Å². The molecule has 0 aliphatic heterocycles. The fraction of sp³-hybridized carbons (Fsp3) is 0.0435. The molecule has 0 aliphatic rings. The van der Waals surface area contributed by atoms with Crippen molar-refractivity contribution in [1.82, 2.24) is 4.98 Å². The zero-order valence-electron chi connectivity index (χ0n) is 16.5. The number of carbonyl (C=O) groups is 1. The van der Waals surface area contributed by atoms with E-state index in [1.807, 2.05) is 24.3 Å². The van der Waals surface area contributed by atoms with Gasteiger partial charge in [-0.25, -0.2) is 8.42 Å². The van der Waals surface area contributed by atoms with E-state index in [0.29, 0.717) is 27.7 Å². The molecular formula is C23H18ClN3O3S. The van der Waals surface area contributed by atoms with E-state index in [0.717, 1.165) is 0 Å². The van der Waals surface area contributed by atoms with Gasteiger partial charge in [-0.2, -0.15) is 0 Å². The van der Waals surface area contributed by atoms with Crippen LogP contribution in [0.15, 0.2) is 83.9 Å². The van der Waals surface area contributed by atoms with Crippen LogP contribution < -0.4 is 10.0 Å². The fourth-order valence-corrected chi connectivity index (χ4v) is 4.79. The van der Waals surface area contributed by atoms with Crippen LogP contribution in [-0.2, 0) is 10.0 Å². The van der Waals surface area contributed by atoms with Gasteiger partial charge in [0.25, 0.3) is 15.9 Å². The van der Waals surface area contributed by atoms with Crippen molar-refractivity contribution in [1.29, 1.82) is 0 Å². The van der Waals surface area contributed by atoms with Gasteiger partial charge in [-0.1, -0.05) is 48.0 Å². The van der Waals surface area contributed by atoms with Gasteiger partial charge in [-0.3, -0.25) is 14.5 Å². The minimum Gasteiger partial charge on any atom is -0.322 e. The quantitative estimate of drug-likeness (QED) is 0.433. The number of para-hydroxylation sites is 2. The number of aryl methyl sites for hydroxylation is 1. The number of hydrogen-bond donors (Lipinski definition) is 2. The number of nitrogens with one attached hydrogen (secondary N) is 2. The molecule has 0 aliphatic carbocycles. The lowest BCUT2D eigenvalue weighted by Crippen LogP contribution is -2.16. The lowest BCUT2D eigenvalue weighted by Gasteiger charge is -2.14. The SMILES string of the molecule is Cc1ccc(NC(=O)c2ccnc3ccccc23)cc1S(=O)(=O)Nc1ccccc1Cl. The van der Waals surface area contributed by atoms with Crippen molar-refractivity contribution >= 4 is 49.8 Å². The van der Waals surface area contributed by atoms with Gasteiger partial charge in [0.2, 0.25) is 0 Å². The van der Waals surface area contributed by atoms with E-state index in [1.165, 1.54) is 6.07 Å². The number of aromatic nitrogens is 1. The Morgan fingerprint density at radius 2 is 1.71 bits per heavy atom. The summed E-state index contributed by atoms with van der Waals surface area (Å²) in [5, 5.41) is 3.78. The first-order chi connectivity index (χ1) is 14.8. The fourth-order valence-electron chi connectivity index (χ4n) is 3.20. The number of nitrogens with zero attached hydrogens (tertiary/aromatic N) is 1. The zero-order valence-corrected chi connectivity index (χ0v) is 18.0. The molecule has 0 unspecified atom stereocenters. The van der Waals surface area contributed by atoms with Crippen LogP contribution in [0.5, 0.6) is 0 Å². The molecule has 4 aromatic rings. The number of benzene rings is 3. The van der Waals surface area contributed by atoms with Crippen LogP contribution >= 0.6 is 11.6 Å². The van der Waals surface area contributed by atoms with Crippen molar-refractivity contribution < 1.29 is 13.2 Å². The average molecular weight is 452 g/mol. The molecule has 0 saturated heterocycles. The highest BCUT2D eigenvalue weighted by molar-refractivity contribution is 7.92. The molecule has 0 bridgehead atoms. The van der Waals surface area contributed by atoms with Crippen molar-refractivity contribution in [3.63, 3.8) is 0 Å². The van der Waals surface area contributed by atoms with Gasteiger partial charge in [-0.05, 0) is 48.9 Å². The number of amides is 1. The molecule has 3 aromatic carbocycles. The smallest absolute Gasteiger partial charge is 0.262 e. The number of carbonyl (C=O) groups excluding carboxylic acids is 1. The minimum atomic E-state index is -3.92. The lowest BCUT2D eigenvalue weighted by molar-refractivity contribution is 0.102. The van der Waals surface area contributed by atoms with Gasteiger partial charge < -0.3 is 5.32 Å². The third kappa shape index (κ3) is 4.38. The second-order valence-corrected chi connectivity index (χ2v) is 8.95. The maximum atomic E-state index is 13.0. The molecule has 4 rings (SSSR count). The standard InChI is InChI=1S/C23H18ClN3O3S/c1-15-10-11-16(14-22(15)31(29,30)27-21-9-5-3-7-19(21)24)26-23(28)18-12-13-25-20-8-4-2-6-17(18)20/h2-14,27H,1H3,(H,26,28). The highest BCUT2D eigenvalue weighted by Crippen LogP contribution is 2.27. The van der Waals surface area contributed by atoms with E-state index in [9.17, 15) is 13.2 Å². The summed E-state index contributed by atoms with van der Waals surface area (Å²) in [6.07, 6.45) is 1.57. The average Bonchev–Trinajstić information content (AvgIpc) is 2.76. The number of pyridine rings is 1. The number of hydrogen-bond acceptors (Lipinski definition) is 4. The molecule has 2 N–H and O–H groups in total. The molecule has 31 heavy (non-hydrogen) atoms. The molecule has 0 fully saturated rings. The van der Waals surface area contributed by atoms with E-state index in [2.05, 4.69) is 15.0 Å². The largest absolute Gasteiger partial charge is 0.322 e. The molecular weight excluding hydrogens is 434 g/mol. The number of anilines is 2. The topological polar surface area (TPSA) is 88.2 Å². The summed E-state index contributed by atoms with van der Waals surface area (Å²) in [6, 6.07) is 20.2. The maximum absolute atomic E-state index is 13.0. The Balaban J connectivity index is 1.65. The van der Waals surface area contributed by atoms with Crippen molar-refractivity contribution in [2.45, 2.75) is 11.8 Å². The summed E-state index contributed by atoms with van der Waals surface area (Å²) in [5.74, 6) is -0.357. The summed E-state index contributed by atoms with van der Waals surface area (Å²) >= 11 is 6.08. The molecule has 6 nitrogen and oxygen atoms in total. The van der Waals surface area contributed by atoms with Crippen molar-refractivity contribution in [2.75, 3.05) is 10.0 Å². The first kappa shape index (κ1) is 20.8. The Labute approximate surface area is 185 Å². The van der Waals surface area contributed by atoms with Gasteiger partial charge >= 0.3 is 0 Å². The van der Waals surface area contributed by atoms with Crippen LogP contribution in [0.3, 0.4) is 0 Å².